The van der Waals surface area contributed by atoms with Gasteiger partial charge in [0.25, 0.3) is 0 Å². The van der Waals surface area contributed by atoms with E-state index in [4.69, 9.17) is 9.47 Å². The molecule has 0 aromatic heterocycles. The van der Waals surface area contributed by atoms with Gasteiger partial charge >= 0.3 is 0 Å². The Morgan fingerprint density at radius 2 is 2.15 bits per heavy atom. The van der Waals surface area contributed by atoms with Crippen LogP contribution in [0.15, 0.2) is 18.2 Å². The number of methoxy groups -OCH3 is 1. The normalized spacial score (nSPS) is 19.2. The van der Waals surface area contributed by atoms with Crippen molar-refractivity contribution in [2.24, 2.45) is 11.8 Å². The lowest BCUT2D eigenvalue weighted by molar-refractivity contribution is -0.123. The van der Waals surface area contributed by atoms with Crippen molar-refractivity contribution < 1.29 is 14.3 Å². The van der Waals surface area contributed by atoms with Gasteiger partial charge in [-0.05, 0) is 68.8 Å². The SMILES string of the molecule is CCCCOc1ccc(C(C)NC(=O)CC(C)C2CCCNC2)cc1OC. The smallest absolute Gasteiger partial charge is 0.220 e. The van der Waals surface area contributed by atoms with Crippen LogP contribution in [-0.4, -0.2) is 32.7 Å². The number of rotatable bonds is 10. The maximum absolute atomic E-state index is 12.5. The number of unbranched alkanes of at least 4 members (excludes halogenated alkanes) is 1. The highest BCUT2D eigenvalue weighted by Gasteiger charge is 2.23. The Hall–Kier alpha value is -1.75. The summed E-state index contributed by atoms with van der Waals surface area (Å²) in [5.41, 5.74) is 1.02. The molecule has 3 unspecified atom stereocenters. The van der Waals surface area contributed by atoms with Gasteiger partial charge in [0.1, 0.15) is 0 Å². The van der Waals surface area contributed by atoms with E-state index in [-0.39, 0.29) is 11.9 Å². The largest absolute Gasteiger partial charge is 0.493 e. The molecule has 1 aliphatic heterocycles. The molecule has 27 heavy (non-hydrogen) atoms. The molecule has 5 heteroatoms. The van der Waals surface area contributed by atoms with Gasteiger partial charge in [0, 0.05) is 6.42 Å². The van der Waals surface area contributed by atoms with E-state index in [0.29, 0.717) is 30.6 Å². The van der Waals surface area contributed by atoms with Crippen LogP contribution in [0, 0.1) is 11.8 Å². The van der Waals surface area contributed by atoms with Crippen molar-refractivity contribution in [3.63, 3.8) is 0 Å². The van der Waals surface area contributed by atoms with E-state index in [1.807, 2.05) is 25.1 Å². The van der Waals surface area contributed by atoms with Gasteiger partial charge < -0.3 is 20.1 Å². The predicted molar refractivity (Wildman–Crippen MR) is 109 cm³/mol. The molecule has 3 atom stereocenters. The molecule has 1 aromatic rings. The van der Waals surface area contributed by atoms with Crippen LogP contribution in [0.5, 0.6) is 11.5 Å². The van der Waals surface area contributed by atoms with E-state index in [9.17, 15) is 4.79 Å². The number of piperidine rings is 1. The minimum Gasteiger partial charge on any atom is -0.493 e. The Labute approximate surface area is 164 Å². The van der Waals surface area contributed by atoms with Crippen molar-refractivity contribution in [2.75, 3.05) is 26.8 Å². The van der Waals surface area contributed by atoms with Crippen LogP contribution in [0.1, 0.15) is 64.5 Å². The van der Waals surface area contributed by atoms with Crippen LogP contribution >= 0.6 is 0 Å². The monoisotopic (exact) mass is 376 g/mol. The van der Waals surface area contributed by atoms with E-state index < -0.39 is 0 Å². The Bertz CT molecular complexity index is 585. The molecule has 1 saturated heterocycles. The maximum Gasteiger partial charge on any atom is 0.220 e. The molecule has 152 valence electrons. The molecular weight excluding hydrogens is 340 g/mol. The first-order chi connectivity index (χ1) is 13.0. The summed E-state index contributed by atoms with van der Waals surface area (Å²) in [5, 5.41) is 6.57. The Morgan fingerprint density at radius 1 is 1.33 bits per heavy atom. The van der Waals surface area contributed by atoms with Crippen LogP contribution in [-0.2, 0) is 4.79 Å². The van der Waals surface area contributed by atoms with Gasteiger partial charge in [-0.25, -0.2) is 0 Å². The van der Waals surface area contributed by atoms with Crippen molar-refractivity contribution in [2.45, 2.75) is 58.9 Å². The second kappa shape index (κ2) is 11.2. The summed E-state index contributed by atoms with van der Waals surface area (Å²) in [5.74, 6) is 2.58. The summed E-state index contributed by atoms with van der Waals surface area (Å²) in [7, 11) is 1.65. The average molecular weight is 377 g/mol. The molecule has 0 spiro atoms. The number of ether oxygens (including phenoxy) is 2. The highest BCUT2D eigenvalue weighted by atomic mass is 16.5. The Morgan fingerprint density at radius 3 is 2.81 bits per heavy atom. The number of benzene rings is 1. The molecule has 0 saturated carbocycles. The number of nitrogens with one attached hydrogen (secondary N) is 2. The van der Waals surface area contributed by atoms with E-state index in [1.54, 1.807) is 7.11 Å². The number of amides is 1. The predicted octanol–water partition coefficient (Wildman–Crippen LogP) is 4.08. The minimum absolute atomic E-state index is 0.0622. The van der Waals surface area contributed by atoms with Crippen molar-refractivity contribution in [1.29, 1.82) is 0 Å². The van der Waals surface area contributed by atoms with E-state index in [1.165, 1.54) is 12.8 Å². The third-order valence-corrected chi connectivity index (χ3v) is 5.47. The summed E-state index contributed by atoms with van der Waals surface area (Å²) >= 11 is 0. The zero-order chi connectivity index (χ0) is 19.6. The summed E-state index contributed by atoms with van der Waals surface area (Å²) in [6.45, 7) is 9.16. The van der Waals surface area contributed by atoms with Crippen LogP contribution in [0.4, 0.5) is 0 Å². The van der Waals surface area contributed by atoms with Gasteiger partial charge in [0.15, 0.2) is 11.5 Å². The quantitative estimate of drug-likeness (QED) is 0.604. The fourth-order valence-electron chi connectivity index (χ4n) is 3.61. The fraction of sp³-hybridized carbons (Fsp3) is 0.682. The zero-order valence-corrected chi connectivity index (χ0v) is 17.3. The van der Waals surface area contributed by atoms with Crippen molar-refractivity contribution >= 4 is 5.91 Å². The summed E-state index contributed by atoms with van der Waals surface area (Å²) in [6, 6.07) is 5.83. The van der Waals surface area contributed by atoms with Crippen LogP contribution < -0.4 is 20.1 Å². The van der Waals surface area contributed by atoms with E-state index in [0.717, 1.165) is 37.2 Å². The third kappa shape index (κ3) is 6.73. The Kier molecular flexibility index (Phi) is 8.92. The molecule has 0 aliphatic carbocycles. The van der Waals surface area contributed by atoms with Gasteiger partial charge in [-0.3, -0.25) is 4.79 Å². The molecule has 2 N–H and O–H groups in total. The lowest BCUT2D eigenvalue weighted by Crippen LogP contribution is -2.36. The van der Waals surface area contributed by atoms with Gasteiger partial charge in [-0.15, -0.1) is 0 Å². The number of carbonyl (C=O) groups is 1. The van der Waals surface area contributed by atoms with Crippen LogP contribution in [0.25, 0.3) is 0 Å². The first-order valence-corrected chi connectivity index (χ1v) is 10.4. The lowest BCUT2D eigenvalue weighted by Gasteiger charge is -2.28. The highest BCUT2D eigenvalue weighted by molar-refractivity contribution is 5.76. The summed E-state index contributed by atoms with van der Waals surface area (Å²) in [6.07, 6.45) is 5.12. The standard InChI is InChI=1S/C22H36N2O3/c1-5-6-12-27-20-10-9-18(14-21(20)26-4)17(3)24-22(25)13-16(2)19-8-7-11-23-15-19/h9-10,14,16-17,19,23H,5-8,11-13,15H2,1-4H3,(H,24,25). The molecule has 0 bridgehead atoms. The zero-order valence-electron chi connectivity index (χ0n) is 17.3. The first-order valence-electron chi connectivity index (χ1n) is 10.4. The molecular formula is C22H36N2O3. The molecule has 1 amide bonds. The van der Waals surface area contributed by atoms with E-state index in [2.05, 4.69) is 24.5 Å². The molecule has 0 radical (unpaired) electrons. The van der Waals surface area contributed by atoms with Gasteiger partial charge in [-0.1, -0.05) is 26.3 Å². The van der Waals surface area contributed by atoms with Crippen molar-refractivity contribution in [3.05, 3.63) is 23.8 Å². The number of hydrogen-bond acceptors (Lipinski definition) is 4. The molecule has 1 aliphatic rings. The van der Waals surface area contributed by atoms with Gasteiger partial charge in [0.2, 0.25) is 5.91 Å². The van der Waals surface area contributed by atoms with Crippen LogP contribution in [0.3, 0.4) is 0 Å². The maximum atomic E-state index is 12.5. The van der Waals surface area contributed by atoms with Gasteiger partial charge in [0.05, 0.1) is 19.8 Å². The minimum atomic E-state index is -0.0622. The second-order valence-electron chi connectivity index (χ2n) is 7.69. The summed E-state index contributed by atoms with van der Waals surface area (Å²) in [4.78, 5) is 12.5. The summed E-state index contributed by atoms with van der Waals surface area (Å²) < 4.78 is 11.3. The van der Waals surface area contributed by atoms with E-state index >= 15 is 0 Å². The first kappa shape index (κ1) is 21.5. The fourth-order valence-corrected chi connectivity index (χ4v) is 3.61. The molecule has 5 nitrogen and oxygen atoms in total. The third-order valence-electron chi connectivity index (χ3n) is 5.47. The molecule has 1 aromatic carbocycles. The second-order valence-corrected chi connectivity index (χ2v) is 7.69. The molecule has 1 fully saturated rings. The number of hydrogen-bond donors (Lipinski definition) is 2. The molecule has 1 heterocycles. The lowest BCUT2D eigenvalue weighted by atomic mass is 9.85. The van der Waals surface area contributed by atoms with Crippen molar-refractivity contribution in [1.82, 2.24) is 10.6 Å². The average Bonchev–Trinajstić information content (AvgIpc) is 2.68. The highest BCUT2D eigenvalue weighted by Crippen LogP contribution is 2.31. The topological polar surface area (TPSA) is 59.6 Å². The van der Waals surface area contributed by atoms with Gasteiger partial charge in [-0.2, -0.15) is 0 Å². The Balaban J connectivity index is 1.89. The number of carbonyl (C=O) groups excluding carboxylic acids is 1. The molecule has 2 rings (SSSR count). The van der Waals surface area contributed by atoms with Crippen molar-refractivity contribution in [3.8, 4) is 11.5 Å². The van der Waals surface area contributed by atoms with Crippen LogP contribution in [0.2, 0.25) is 0 Å².